The quantitative estimate of drug-likeness (QED) is 0.639. The molecule has 0 saturated carbocycles. The van der Waals surface area contributed by atoms with Crippen molar-refractivity contribution in [2.45, 2.75) is 0 Å². The highest BCUT2D eigenvalue weighted by atomic mass is 79.9. The molecule has 0 aromatic heterocycles. The van der Waals surface area contributed by atoms with E-state index in [1.807, 2.05) is 0 Å². The average molecular weight is 205 g/mol. The molecule has 0 unspecified atom stereocenters. The molecule has 1 aromatic carbocycles. The van der Waals surface area contributed by atoms with Crippen LogP contribution in [0.2, 0.25) is 0 Å². The monoisotopic (exact) mass is 204 g/mol. The highest BCUT2D eigenvalue weighted by Crippen LogP contribution is 2.04. The summed E-state index contributed by atoms with van der Waals surface area (Å²) in [6.45, 7) is 0. The van der Waals surface area contributed by atoms with Crippen molar-refractivity contribution in [3.8, 4) is 0 Å². The van der Waals surface area contributed by atoms with Crippen LogP contribution in [0.15, 0.2) is 28.6 Å². The van der Waals surface area contributed by atoms with Gasteiger partial charge in [-0.1, -0.05) is 28.0 Å². The van der Waals surface area contributed by atoms with Gasteiger partial charge < -0.3 is 10.0 Å². The molecule has 0 bridgehead atoms. The lowest BCUT2D eigenvalue weighted by Gasteiger charge is -1.97. The van der Waals surface area contributed by atoms with E-state index in [1.54, 1.807) is 0 Å². The van der Waals surface area contributed by atoms with Crippen LogP contribution in [0.1, 0.15) is 5.48 Å². The van der Waals surface area contributed by atoms with Gasteiger partial charge in [-0.15, -0.1) is 0 Å². The summed E-state index contributed by atoms with van der Waals surface area (Å²) in [6.07, 6.45) is 0. The van der Waals surface area contributed by atoms with Gasteiger partial charge in [0.1, 0.15) is 0 Å². The predicted molar refractivity (Wildman–Crippen MR) is 44.0 cm³/mol. The second-order valence-electron chi connectivity index (χ2n) is 1.60. The first-order valence-electron chi connectivity index (χ1n) is 4.49. The summed E-state index contributed by atoms with van der Waals surface area (Å²) in [5.74, 6) is 0. The van der Waals surface area contributed by atoms with Crippen LogP contribution in [-0.2, 0) is 0 Å². The van der Waals surface area contributed by atoms with Gasteiger partial charge in [0.2, 0.25) is 0 Å². The fourth-order valence-corrected chi connectivity index (χ4v) is 0.776. The zero-order valence-electron chi connectivity index (χ0n) is 8.85. The number of benzene rings is 1. The predicted octanol–water partition coefficient (Wildman–Crippen LogP) is 0.129. The molecule has 0 aliphatic rings. The molecule has 1 aromatic rings. The molecule has 2 N–H and O–H groups in total. The molecule has 1 rings (SSSR count). The van der Waals surface area contributed by atoms with Gasteiger partial charge in [-0.05, 0) is 17.5 Å². The van der Waals surface area contributed by atoms with E-state index in [-0.39, 0.29) is 22.0 Å². The lowest BCUT2D eigenvalue weighted by molar-refractivity contribution is 0.426. The lowest BCUT2D eigenvalue weighted by atomic mass is 9.81. The van der Waals surface area contributed by atoms with Crippen molar-refractivity contribution in [3.63, 3.8) is 0 Å². The minimum Gasteiger partial charge on any atom is -0.423 e. The summed E-state index contributed by atoms with van der Waals surface area (Å²) in [5.41, 5.74) is -0.363. The maximum Gasteiger partial charge on any atom is 0.488 e. The Morgan fingerprint density at radius 1 is 1.50 bits per heavy atom. The van der Waals surface area contributed by atoms with Crippen LogP contribution in [0.4, 0.5) is 0 Å². The van der Waals surface area contributed by atoms with Gasteiger partial charge in [0.25, 0.3) is 0 Å². The van der Waals surface area contributed by atoms with Crippen LogP contribution in [0.25, 0.3) is 0 Å². The Bertz CT molecular complexity index is 356. The third-order valence-corrected chi connectivity index (χ3v) is 1.27. The maximum absolute atomic E-state index is 8.88. The lowest BCUT2D eigenvalue weighted by Crippen LogP contribution is -2.29. The van der Waals surface area contributed by atoms with Gasteiger partial charge >= 0.3 is 7.12 Å². The Labute approximate surface area is 73.4 Å². The first kappa shape index (κ1) is 3.90. The molecular weight excluding hydrogens is 195 g/mol. The van der Waals surface area contributed by atoms with Crippen molar-refractivity contribution < 1.29 is 15.5 Å². The molecule has 0 amide bonds. The summed E-state index contributed by atoms with van der Waals surface area (Å²) < 4.78 is 29.4. The second-order valence-corrected chi connectivity index (χ2v) is 2.39. The Morgan fingerprint density at radius 2 is 2.20 bits per heavy atom. The average Bonchev–Trinajstić information content (AvgIpc) is 2.11. The van der Waals surface area contributed by atoms with E-state index in [0.29, 0.717) is 0 Å². The van der Waals surface area contributed by atoms with E-state index < -0.39 is 19.2 Å². The molecule has 0 saturated heterocycles. The molecule has 0 aliphatic carbocycles. The first-order chi connectivity index (χ1) is 6.37. The number of rotatable bonds is 1. The second kappa shape index (κ2) is 3.19. The molecule has 10 heavy (non-hydrogen) atoms. The molecule has 0 fully saturated rings. The van der Waals surface area contributed by atoms with E-state index in [0.717, 1.165) is 0 Å². The van der Waals surface area contributed by atoms with Gasteiger partial charge in [-0.2, -0.15) is 0 Å². The summed E-state index contributed by atoms with van der Waals surface area (Å²) in [4.78, 5) is 0. The van der Waals surface area contributed by atoms with Crippen molar-refractivity contribution in [1.29, 1.82) is 0 Å². The van der Waals surface area contributed by atoms with Gasteiger partial charge in [-0.25, -0.2) is 0 Å². The smallest absolute Gasteiger partial charge is 0.423 e. The minimum atomic E-state index is -1.98. The Hall–Kier alpha value is -0.315. The fourth-order valence-electron chi connectivity index (χ4n) is 0.463. The summed E-state index contributed by atoms with van der Waals surface area (Å²) in [7, 11) is -1.98. The third-order valence-electron chi connectivity index (χ3n) is 0.872. The van der Waals surface area contributed by atoms with Crippen LogP contribution >= 0.6 is 15.9 Å². The van der Waals surface area contributed by atoms with Gasteiger partial charge in [0, 0.05) is 4.47 Å². The van der Waals surface area contributed by atoms with E-state index in [1.165, 1.54) is 0 Å². The molecule has 4 heteroatoms. The third kappa shape index (κ3) is 1.83. The molecule has 0 atom stereocenters. The summed E-state index contributed by atoms with van der Waals surface area (Å²) in [5, 5.41) is 17.8. The van der Waals surface area contributed by atoms with Gasteiger partial charge in [0.15, 0.2) is 0 Å². The number of hydrogen-bond acceptors (Lipinski definition) is 2. The molecule has 0 heterocycles. The maximum atomic E-state index is 8.88. The number of halogens is 1. The molecule has 52 valence electrons. The molecule has 2 nitrogen and oxygen atoms in total. The largest absolute Gasteiger partial charge is 0.488 e. The normalized spacial score (nSPS) is 15.1. The van der Waals surface area contributed by atoms with Gasteiger partial charge in [-0.3, -0.25) is 0 Å². The van der Waals surface area contributed by atoms with E-state index in [2.05, 4.69) is 15.9 Å². The van der Waals surface area contributed by atoms with Crippen LogP contribution in [0.3, 0.4) is 0 Å². The zero-order chi connectivity index (χ0) is 11.0. The summed E-state index contributed by atoms with van der Waals surface area (Å²) in [6, 6.07) is -1.58. The van der Waals surface area contributed by atoms with Gasteiger partial charge in [0.05, 0.1) is 5.48 Å². The van der Waals surface area contributed by atoms with E-state index in [4.69, 9.17) is 15.5 Å². The molecule has 0 spiro atoms. The summed E-state index contributed by atoms with van der Waals surface area (Å²) >= 11 is 2.88. The topological polar surface area (TPSA) is 40.5 Å². The van der Waals surface area contributed by atoms with Crippen LogP contribution < -0.4 is 5.46 Å². The number of hydrogen-bond donors (Lipinski definition) is 2. The molecule has 0 aliphatic heterocycles. The molecule has 0 radical (unpaired) electrons. The Balaban J connectivity index is 3.60. The van der Waals surface area contributed by atoms with Crippen molar-refractivity contribution in [1.82, 2.24) is 0 Å². The van der Waals surface area contributed by atoms with Crippen molar-refractivity contribution >= 4 is 28.5 Å². The zero-order valence-corrected chi connectivity index (χ0v) is 6.44. The minimum absolute atomic E-state index is 0.0124. The van der Waals surface area contributed by atoms with Crippen LogP contribution in [0, 0.1) is 0 Å². The Morgan fingerprint density at radius 3 is 2.80 bits per heavy atom. The van der Waals surface area contributed by atoms with Crippen molar-refractivity contribution in [3.05, 3.63) is 28.6 Å². The van der Waals surface area contributed by atoms with Crippen molar-refractivity contribution in [2.75, 3.05) is 0 Å². The molecular formula is C6H6BBrO2. The SMILES string of the molecule is [2H]c1c([2H])c(Br)c([2H])c(B(O)O)c1[2H]. The van der Waals surface area contributed by atoms with E-state index in [9.17, 15) is 0 Å². The fraction of sp³-hybridized carbons (Fsp3) is 0. The van der Waals surface area contributed by atoms with Crippen LogP contribution in [0.5, 0.6) is 0 Å². The van der Waals surface area contributed by atoms with E-state index >= 15 is 0 Å². The first-order valence-corrected chi connectivity index (χ1v) is 3.29. The van der Waals surface area contributed by atoms with Crippen molar-refractivity contribution in [2.24, 2.45) is 0 Å². The highest BCUT2D eigenvalue weighted by molar-refractivity contribution is 9.10. The standard InChI is InChI=1S/C6H6BBrO2/c8-6-3-1-2-5(4-6)7(9)10/h1-4,9-10H/i1D,2D,3D,4D. The van der Waals surface area contributed by atoms with Crippen LogP contribution in [-0.4, -0.2) is 17.2 Å². The Kier molecular flexibility index (Phi) is 1.24. The highest BCUT2D eigenvalue weighted by Gasteiger charge is 2.09.